The van der Waals surface area contributed by atoms with Crippen LogP contribution in [0.2, 0.25) is 0 Å². The number of carbonyl (C=O) groups excluding carboxylic acids is 1. The molecule has 5 nitrogen and oxygen atoms in total. The molecule has 1 fully saturated rings. The van der Waals surface area contributed by atoms with Gasteiger partial charge in [0.2, 0.25) is 0 Å². The van der Waals surface area contributed by atoms with E-state index in [-0.39, 0.29) is 18.1 Å². The van der Waals surface area contributed by atoms with E-state index >= 15 is 0 Å². The summed E-state index contributed by atoms with van der Waals surface area (Å²) in [7, 11) is 0. The fourth-order valence-corrected chi connectivity index (χ4v) is 3.75. The summed E-state index contributed by atoms with van der Waals surface area (Å²) in [6, 6.07) is 20.1. The number of benzene rings is 2. The van der Waals surface area contributed by atoms with Crippen LogP contribution in [-0.4, -0.2) is 45.9 Å². The molecule has 144 valence electrons. The molecular formula is C23H25N3O2. The zero-order chi connectivity index (χ0) is 19.5. The zero-order valence-electron chi connectivity index (χ0n) is 16.3. The molecule has 0 saturated carbocycles. The van der Waals surface area contributed by atoms with Gasteiger partial charge in [-0.15, -0.1) is 0 Å². The van der Waals surface area contributed by atoms with Crippen LogP contribution in [0.15, 0.2) is 66.9 Å². The van der Waals surface area contributed by atoms with Crippen LogP contribution in [-0.2, 0) is 11.3 Å². The summed E-state index contributed by atoms with van der Waals surface area (Å²) >= 11 is 0. The van der Waals surface area contributed by atoms with Crippen molar-refractivity contribution in [3.05, 3.63) is 78.0 Å². The molecule has 2 unspecified atom stereocenters. The standard InChI is InChI=1S/C23H25N3O2/c1-17-13-25(14-18(2)28-17)23(27)21-16-26(15-19-9-5-3-6-10-19)24-22(21)20-11-7-4-8-12-20/h3-12,16-18H,13-15H2,1-2H3. The first-order valence-corrected chi connectivity index (χ1v) is 9.71. The van der Waals surface area contributed by atoms with Crippen molar-refractivity contribution in [1.29, 1.82) is 0 Å². The Morgan fingerprint density at radius 2 is 1.61 bits per heavy atom. The first-order chi connectivity index (χ1) is 13.6. The van der Waals surface area contributed by atoms with Gasteiger partial charge >= 0.3 is 0 Å². The molecular weight excluding hydrogens is 350 g/mol. The number of carbonyl (C=O) groups is 1. The predicted molar refractivity (Wildman–Crippen MR) is 109 cm³/mol. The molecule has 1 aliphatic rings. The lowest BCUT2D eigenvalue weighted by Gasteiger charge is -2.35. The van der Waals surface area contributed by atoms with Crippen LogP contribution >= 0.6 is 0 Å². The third-order valence-electron chi connectivity index (χ3n) is 4.93. The van der Waals surface area contributed by atoms with Crippen molar-refractivity contribution in [3.63, 3.8) is 0 Å². The van der Waals surface area contributed by atoms with Gasteiger partial charge in [-0.25, -0.2) is 0 Å². The first-order valence-electron chi connectivity index (χ1n) is 9.71. The Morgan fingerprint density at radius 1 is 1.00 bits per heavy atom. The lowest BCUT2D eigenvalue weighted by atomic mass is 10.1. The molecule has 2 aromatic carbocycles. The first kappa shape index (κ1) is 18.4. The Kier molecular flexibility index (Phi) is 5.26. The highest BCUT2D eigenvalue weighted by Crippen LogP contribution is 2.25. The van der Waals surface area contributed by atoms with Crippen LogP contribution in [0.25, 0.3) is 11.3 Å². The number of morpholine rings is 1. The number of nitrogens with zero attached hydrogens (tertiary/aromatic N) is 3. The van der Waals surface area contributed by atoms with Gasteiger partial charge in [0.25, 0.3) is 5.91 Å². The molecule has 0 aliphatic carbocycles. The molecule has 0 bridgehead atoms. The van der Waals surface area contributed by atoms with Gasteiger partial charge in [-0.3, -0.25) is 9.48 Å². The summed E-state index contributed by atoms with van der Waals surface area (Å²) in [5.41, 5.74) is 3.47. The monoisotopic (exact) mass is 375 g/mol. The predicted octanol–water partition coefficient (Wildman–Crippen LogP) is 3.85. The molecule has 0 N–H and O–H groups in total. The third-order valence-corrected chi connectivity index (χ3v) is 4.93. The number of aromatic nitrogens is 2. The van der Waals surface area contributed by atoms with Gasteiger partial charge in [0.15, 0.2) is 0 Å². The topological polar surface area (TPSA) is 47.4 Å². The van der Waals surface area contributed by atoms with E-state index < -0.39 is 0 Å². The molecule has 1 saturated heterocycles. The lowest BCUT2D eigenvalue weighted by Crippen LogP contribution is -2.48. The SMILES string of the molecule is CC1CN(C(=O)c2cn(Cc3ccccc3)nc2-c2ccccc2)CC(C)O1. The number of rotatable bonds is 4. The van der Waals surface area contributed by atoms with Crippen LogP contribution in [0.4, 0.5) is 0 Å². The second-order valence-corrected chi connectivity index (χ2v) is 7.41. The summed E-state index contributed by atoms with van der Waals surface area (Å²) in [5.74, 6) is 0.0140. The Bertz CT molecular complexity index is 927. The van der Waals surface area contributed by atoms with E-state index in [1.807, 2.05) is 78.2 Å². The van der Waals surface area contributed by atoms with Crippen LogP contribution in [0, 0.1) is 0 Å². The maximum Gasteiger partial charge on any atom is 0.257 e. The van der Waals surface area contributed by atoms with E-state index in [9.17, 15) is 4.79 Å². The highest BCUT2D eigenvalue weighted by Gasteiger charge is 2.29. The van der Waals surface area contributed by atoms with Gasteiger partial charge in [-0.1, -0.05) is 60.7 Å². The van der Waals surface area contributed by atoms with Gasteiger partial charge < -0.3 is 9.64 Å². The molecule has 3 aromatic rings. The fourth-order valence-electron chi connectivity index (χ4n) is 3.75. The van der Waals surface area contributed by atoms with E-state index in [1.165, 1.54) is 0 Å². The molecule has 4 rings (SSSR count). The van der Waals surface area contributed by atoms with Gasteiger partial charge in [-0.2, -0.15) is 5.10 Å². The number of ether oxygens (including phenoxy) is 1. The highest BCUT2D eigenvalue weighted by atomic mass is 16.5. The Balaban J connectivity index is 1.69. The largest absolute Gasteiger partial charge is 0.372 e. The number of hydrogen-bond acceptors (Lipinski definition) is 3. The maximum absolute atomic E-state index is 13.4. The maximum atomic E-state index is 13.4. The van der Waals surface area contributed by atoms with Gasteiger partial charge in [0.05, 0.1) is 24.3 Å². The van der Waals surface area contributed by atoms with Crippen LogP contribution in [0.3, 0.4) is 0 Å². The summed E-state index contributed by atoms with van der Waals surface area (Å²) in [6.45, 7) is 5.84. The molecule has 1 aromatic heterocycles. The summed E-state index contributed by atoms with van der Waals surface area (Å²) < 4.78 is 7.65. The average molecular weight is 375 g/mol. The zero-order valence-corrected chi connectivity index (χ0v) is 16.3. The van der Waals surface area contributed by atoms with E-state index in [4.69, 9.17) is 9.84 Å². The van der Waals surface area contributed by atoms with Crippen molar-refractivity contribution in [2.75, 3.05) is 13.1 Å². The van der Waals surface area contributed by atoms with Gasteiger partial charge in [-0.05, 0) is 19.4 Å². The van der Waals surface area contributed by atoms with Crippen molar-refractivity contribution in [3.8, 4) is 11.3 Å². The number of amides is 1. The van der Waals surface area contributed by atoms with E-state index in [2.05, 4.69) is 12.1 Å². The molecule has 5 heteroatoms. The molecule has 2 atom stereocenters. The summed E-state index contributed by atoms with van der Waals surface area (Å²) in [4.78, 5) is 15.3. The van der Waals surface area contributed by atoms with Gasteiger partial charge in [0.1, 0.15) is 5.69 Å². The van der Waals surface area contributed by atoms with Gasteiger partial charge in [0, 0.05) is 24.8 Å². The highest BCUT2D eigenvalue weighted by molar-refractivity contribution is 5.99. The van der Waals surface area contributed by atoms with Crippen molar-refractivity contribution >= 4 is 5.91 Å². The van der Waals surface area contributed by atoms with Crippen molar-refractivity contribution in [2.45, 2.75) is 32.6 Å². The Hall–Kier alpha value is -2.92. The van der Waals surface area contributed by atoms with E-state index in [0.717, 1.165) is 16.8 Å². The lowest BCUT2D eigenvalue weighted by molar-refractivity contribution is -0.0586. The number of hydrogen-bond donors (Lipinski definition) is 0. The summed E-state index contributed by atoms with van der Waals surface area (Å²) in [5, 5.41) is 4.77. The minimum absolute atomic E-state index is 0.0140. The minimum atomic E-state index is 0.0140. The van der Waals surface area contributed by atoms with Crippen molar-refractivity contribution < 1.29 is 9.53 Å². The van der Waals surface area contributed by atoms with Crippen LogP contribution in [0.1, 0.15) is 29.8 Å². The van der Waals surface area contributed by atoms with Crippen molar-refractivity contribution in [2.24, 2.45) is 0 Å². The normalized spacial score (nSPS) is 19.6. The molecule has 0 spiro atoms. The van der Waals surface area contributed by atoms with Crippen LogP contribution < -0.4 is 0 Å². The Morgan fingerprint density at radius 3 is 2.25 bits per heavy atom. The average Bonchev–Trinajstić information content (AvgIpc) is 3.12. The second-order valence-electron chi connectivity index (χ2n) is 7.41. The van der Waals surface area contributed by atoms with E-state index in [1.54, 1.807) is 0 Å². The second kappa shape index (κ2) is 7.98. The third kappa shape index (κ3) is 3.99. The molecule has 1 amide bonds. The smallest absolute Gasteiger partial charge is 0.257 e. The summed E-state index contributed by atoms with van der Waals surface area (Å²) in [6.07, 6.45) is 1.95. The molecule has 2 heterocycles. The fraction of sp³-hybridized carbons (Fsp3) is 0.304. The minimum Gasteiger partial charge on any atom is -0.372 e. The van der Waals surface area contributed by atoms with E-state index in [0.29, 0.717) is 25.2 Å². The Labute approximate surface area is 165 Å². The molecule has 0 radical (unpaired) electrons. The molecule has 1 aliphatic heterocycles. The van der Waals surface area contributed by atoms with Crippen LogP contribution in [0.5, 0.6) is 0 Å². The molecule has 28 heavy (non-hydrogen) atoms. The van der Waals surface area contributed by atoms with Crippen molar-refractivity contribution in [1.82, 2.24) is 14.7 Å². The quantitative estimate of drug-likeness (QED) is 0.696.